The Bertz CT molecular complexity index is 582. The van der Waals surface area contributed by atoms with Crippen LogP contribution in [0.15, 0.2) is 23.7 Å². The lowest BCUT2D eigenvalue weighted by Gasteiger charge is -2.01. The number of rotatable bonds is 2. The number of aromatic nitrogens is 3. The van der Waals surface area contributed by atoms with Crippen molar-refractivity contribution < 1.29 is 0 Å². The predicted octanol–water partition coefficient (Wildman–Crippen LogP) is 3.15. The third kappa shape index (κ3) is 1.96. The van der Waals surface area contributed by atoms with Gasteiger partial charge in [-0.05, 0) is 31.3 Å². The van der Waals surface area contributed by atoms with Gasteiger partial charge in [0.1, 0.15) is 0 Å². The van der Waals surface area contributed by atoms with E-state index >= 15 is 0 Å². The minimum Gasteiger partial charge on any atom is -0.329 e. The molecule has 0 saturated carbocycles. The van der Waals surface area contributed by atoms with Gasteiger partial charge in [-0.15, -0.1) is 0 Å². The summed E-state index contributed by atoms with van der Waals surface area (Å²) in [5.41, 5.74) is 2.69. The Morgan fingerprint density at radius 1 is 1.67 bits per heavy atom. The molecule has 2 rings (SSSR count). The molecule has 5 heteroatoms. The summed E-state index contributed by atoms with van der Waals surface area (Å²) in [5, 5.41) is 0.537. The van der Waals surface area contributed by atoms with Crippen molar-refractivity contribution in [1.82, 2.24) is 14.5 Å². The maximum atomic E-state index is 5.78. The fraction of sp³-hybridized carbons (Fsp3) is 0.200. The molecule has 0 unspecified atom stereocenters. The Kier molecular flexibility index (Phi) is 2.63. The zero-order chi connectivity index (χ0) is 11.0. The number of halogens is 1. The Balaban J connectivity index is 2.70. The van der Waals surface area contributed by atoms with Crippen molar-refractivity contribution in [3.05, 3.63) is 34.2 Å². The van der Waals surface area contributed by atoms with Gasteiger partial charge in [0.05, 0.1) is 12.1 Å². The van der Waals surface area contributed by atoms with Crippen molar-refractivity contribution in [2.75, 3.05) is 0 Å². The molecule has 2 aromatic heterocycles. The second-order valence-corrected chi connectivity index (χ2v) is 4.28. The molecule has 78 valence electrons. The molecule has 1 N–H and O–H groups in total. The Morgan fingerprint density at radius 3 is 3.07 bits per heavy atom. The molecule has 0 amide bonds. The highest BCUT2D eigenvalue weighted by Crippen LogP contribution is 2.14. The van der Waals surface area contributed by atoms with Crippen molar-refractivity contribution in [3.63, 3.8) is 0 Å². The molecule has 0 aliphatic heterocycles. The standard InChI is InChI=1S/C10H10ClN3S/c1-6(11)5-14-9-8(13-10(14)15)4-3-7(2)12-9/h3-4H,1,5H2,2H3,(H,13,15). The summed E-state index contributed by atoms with van der Waals surface area (Å²) < 4.78 is 2.46. The Labute approximate surface area is 97.4 Å². The quantitative estimate of drug-likeness (QED) is 0.817. The molecule has 2 heterocycles. The molecule has 0 atom stereocenters. The first-order valence-corrected chi connectivity index (χ1v) is 5.26. The van der Waals surface area contributed by atoms with Crippen LogP contribution >= 0.6 is 23.8 Å². The van der Waals surface area contributed by atoms with E-state index in [1.54, 1.807) is 0 Å². The number of aryl methyl sites for hydroxylation is 1. The van der Waals surface area contributed by atoms with Crippen molar-refractivity contribution in [2.45, 2.75) is 13.5 Å². The van der Waals surface area contributed by atoms with E-state index in [1.807, 2.05) is 23.6 Å². The largest absolute Gasteiger partial charge is 0.329 e. The third-order valence-electron chi connectivity index (χ3n) is 2.09. The maximum absolute atomic E-state index is 5.78. The minimum absolute atomic E-state index is 0.483. The molecule has 0 saturated heterocycles. The normalized spacial score (nSPS) is 10.8. The van der Waals surface area contributed by atoms with Gasteiger partial charge >= 0.3 is 0 Å². The third-order valence-corrected chi connectivity index (χ3v) is 2.53. The molecule has 0 spiro atoms. The van der Waals surface area contributed by atoms with Gasteiger partial charge in [0.25, 0.3) is 0 Å². The van der Waals surface area contributed by atoms with E-state index < -0.39 is 0 Å². The van der Waals surface area contributed by atoms with Gasteiger partial charge in [0, 0.05) is 10.7 Å². The smallest absolute Gasteiger partial charge is 0.179 e. The van der Waals surface area contributed by atoms with Gasteiger partial charge in [0.2, 0.25) is 0 Å². The number of nitrogens with one attached hydrogen (secondary N) is 1. The number of fused-ring (bicyclic) bond motifs is 1. The number of nitrogens with zero attached hydrogens (tertiary/aromatic N) is 2. The van der Waals surface area contributed by atoms with E-state index in [2.05, 4.69) is 16.5 Å². The number of H-pyrrole nitrogens is 1. The Morgan fingerprint density at radius 2 is 2.40 bits per heavy atom. The number of aromatic amines is 1. The van der Waals surface area contributed by atoms with Crippen LogP contribution in [0.4, 0.5) is 0 Å². The monoisotopic (exact) mass is 239 g/mol. The first-order valence-electron chi connectivity index (χ1n) is 4.47. The van der Waals surface area contributed by atoms with E-state index in [9.17, 15) is 0 Å². The van der Waals surface area contributed by atoms with E-state index in [4.69, 9.17) is 23.8 Å². The molecule has 0 aliphatic carbocycles. The molecule has 2 aromatic rings. The van der Waals surface area contributed by atoms with Gasteiger partial charge in [-0.2, -0.15) is 0 Å². The lowest BCUT2D eigenvalue weighted by atomic mass is 10.3. The second-order valence-electron chi connectivity index (χ2n) is 3.36. The highest BCUT2D eigenvalue weighted by atomic mass is 35.5. The van der Waals surface area contributed by atoms with Crippen LogP contribution in [0.2, 0.25) is 0 Å². The Hall–Kier alpha value is -1.13. The lowest BCUT2D eigenvalue weighted by molar-refractivity contribution is 0.813. The molecule has 0 bridgehead atoms. The van der Waals surface area contributed by atoms with E-state index in [0.29, 0.717) is 16.3 Å². The molecular weight excluding hydrogens is 230 g/mol. The summed E-state index contributed by atoms with van der Waals surface area (Å²) in [7, 11) is 0. The van der Waals surface area contributed by atoms with E-state index in [0.717, 1.165) is 16.9 Å². The van der Waals surface area contributed by atoms with Crippen LogP contribution in [0.5, 0.6) is 0 Å². The van der Waals surface area contributed by atoms with Crippen molar-refractivity contribution >= 4 is 35.0 Å². The number of hydrogen-bond acceptors (Lipinski definition) is 2. The fourth-order valence-corrected chi connectivity index (χ4v) is 1.82. The van der Waals surface area contributed by atoms with Gasteiger partial charge in [0.15, 0.2) is 10.4 Å². The SMILES string of the molecule is C=C(Cl)Cn1c(=S)[nH]c2ccc(C)nc21. The average molecular weight is 240 g/mol. The average Bonchev–Trinajstić information content (AvgIpc) is 2.43. The van der Waals surface area contributed by atoms with Crippen LogP contribution in [0.25, 0.3) is 11.2 Å². The molecule has 3 nitrogen and oxygen atoms in total. The highest BCUT2D eigenvalue weighted by molar-refractivity contribution is 7.71. The summed E-state index contributed by atoms with van der Waals surface area (Å²) >= 11 is 11.0. The van der Waals surface area contributed by atoms with Gasteiger partial charge in [-0.25, -0.2) is 4.98 Å². The molecule has 0 aliphatic rings. The topological polar surface area (TPSA) is 33.6 Å². The summed E-state index contributed by atoms with van der Waals surface area (Å²) in [4.78, 5) is 7.49. The number of imidazole rings is 1. The molecular formula is C10H10ClN3S. The molecule has 15 heavy (non-hydrogen) atoms. The molecule has 0 fully saturated rings. The summed E-state index contributed by atoms with van der Waals surface area (Å²) in [6, 6.07) is 3.90. The van der Waals surface area contributed by atoms with Crippen molar-refractivity contribution in [1.29, 1.82) is 0 Å². The predicted molar refractivity (Wildman–Crippen MR) is 64.6 cm³/mol. The summed E-state index contributed by atoms with van der Waals surface area (Å²) in [6.45, 7) is 6.08. The second kappa shape index (κ2) is 3.79. The minimum atomic E-state index is 0.483. The van der Waals surface area contributed by atoms with Crippen LogP contribution in [-0.2, 0) is 6.54 Å². The van der Waals surface area contributed by atoms with Crippen LogP contribution in [-0.4, -0.2) is 14.5 Å². The number of hydrogen-bond donors (Lipinski definition) is 1. The van der Waals surface area contributed by atoms with Crippen LogP contribution < -0.4 is 0 Å². The maximum Gasteiger partial charge on any atom is 0.179 e. The van der Waals surface area contributed by atoms with E-state index in [1.165, 1.54) is 0 Å². The van der Waals surface area contributed by atoms with E-state index in [-0.39, 0.29) is 0 Å². The van der Waals surface area contributed by atoms with Crippen molar-refractivity contribution in [2.24, 2.45) is 0 Å². The zero-order valence-electron chi connectivity index (χ0n) is 8.25. The van der Waals surface area contributed by atoms with Gasteiger partial charge < -0.3 is 4.98 Å². The zero-order valence-corrected chi connectivity index (χ0v) is 9.82. The lowest BCUT2D eigenvalue weighted by Crippen LogP contribution is -1.99. The van der Waals surface area contributed by atoms with Crippen molar-refractivity contribution in [3.8, 4) is 0 Å². The first-order chi connectivity index (χ1) is 7.08. The van der Waals surface area contributed by atoms with Crippen LogP contribution in [0.3, 0.4) is 0 Å². The van der Waals surface area contributed by atoms with Gasteiger partial charge in [-0.3, -0.25) is 4.57 Å². The molecule has 0 radical (unpaired) electrons. The summed E-state index contributed by atoms with van der Waals surface area (Å²) in [6.07, 6.45) is 0. The summed E-state index contributed by atoms with van der Waals surface area (Å²) in [5.74, 6) is 0. The number of allylic oxidation sites excluding steroid dienone is 1. The number of pyridine rings is 1. The first kappa shape index (κ1) is 10.4. The molecule has 0 aromatic carbocycles. The highest BCUT2D eigenvalue weighted by Gasteiger charge is 2.05. The van der Waals surface area contributed by atoms with Gasteiger partial charge in [-0.1, -0.05) is 18.2 Å². The fourth-order valence-electron chi connectivity index (χ4n) is 1.44. The van der Waals surface area contributed by atoms with Crippen LogP contribution in [0, 0.1) is 11.7 Å². The van der Waals surface area contributed by atoms with Crippen LogP contribution in [0.1, 0.15) is 5.69 Å².